The Kier molecular flexibility index (Phi) is 6.21. The average Bonchev–Trinajstić information content (AvgIpc) is 3.04. The van der Waals surface area contributed by atoms with Crippen LogP contribution in [-0.2, 0) is 0 Å². The van der Waals surface area contributed by atoms with Gasteiger partial charge in [0.25, 0.3) is 0 Å². The Morgan fingerprint density at radius 2 is 1.83 bits per heavy atom. The number of β-amino-alcohol motifs (C(OH)–C–C–N with tert-alkyl or cyclic N) is 1. The lowest BCUT2D eigenvalue weighted by Crippen LogP contribution is -2.38. The number of carbonyl (C=O) groups excluding carboxylic acids is 1. The number of para-hydroxylation sites is 1. The van der Waals surface area contributed by atoms with E-state index >= 15 is 0 Å². The van der Waals surface area contributed by atoms with E-state index in [-0.39, 0.29) is 12.4 Å². The fourth-order valence-electron chi connectivity index (χ4n) is 4.53. The van der Waals surface area contributed by atoms with Gasteiger partial charge in [-0.3, -0.25) is 4.79 Å². The van der Waals surface area contributed by atoms with Gasteiger partial charge in [-0.25, -0.2) is 0 Å². The summed E-state index contributed by atoms with van der Waals surface area (Å²) in [5, 5.41) is 11.3. The Morgan fingerprint density at radius 3 is 2.53 bits per heavy atom. The van der Waals surface area contributed by atoms with Gasteiger partial charge in [0.1, 0.15) is 18.5 Å². The third-order valence-electron chi connectivity index (χ3n) is 5.90. The summed E-state index contributed by atoms with van der Waals surface area (Å²) in [6.45, 7) is 6.58. The van der Waals surface area contributed by atoms with Crippen LogP contribution >= 0.6 is 0 Å². The van der Waals surface area contributed by atoms with Crippen molar-refractivity contribution in [3.63, 3.8) is 0 Å². The number of hydrogen-bond donors (Lipinski definition) is 1. The lowest BCUT2D eigenvalue weighted by molar-refractivity contribution is 0.0617. The number of ketones is 1. The van der Waals surface area contributed by atoms with Crippen LogP contribution < -0.4 is 4.74 Å². The molecular weight excluding hydrogens is 376 g/mol. The molecule has 0 amide bonds. The Hall–Kier alpha value is -2.63. The predicted octanol–water partition coefficient (Wildman–Crippen LogP) is 4.37. The van der Waals surface area contributed by atoms with Crippen molar-refractivity contribution in [3.8, 4) is 11.4 Å². The summed E-state index contributed by atoms with van der Waals surface area (Å²) in [5.41, 5.74) is 3.64. The van der Waals surface area contributed by atoms with Crippen molar-refractivity contribution in [2.45, 2.75) is 39.2 Å². The first-order valence-corrected chi connectivity index (χ1v) is 10.8. The first-order valence-electron chi connectivity index (χ1n) is 10.8. The molecule has 5 heteroatoms. The van der Waals surface area contributed by atoms with Crippen LogP contribution in [0.3, 0.4) is 0 Å². The summed E-state index contributed by atoms with van der Waals surface area (Å²) in [6, 6.07) is 15.9. The summed E-state index contributed by atoms with van der Waals surface area (Å²) in [5.74, 6) is 0.711. The Labute approximate surface area is 177 Å². The maximum atomic E-state index is 12.4. The molecule has 0 unspecified atom stereocenters. The maximum absolute atomic E-state index is 12.4. The van der Waals surface area contributed by atoms with Crippen LogP contribution in [0.2, 0.25) is 0 Å². The van der Waals surface area contributed by atoms with E-state index in [1.165, 1.54) is 19.3 Å². The van der Waals surface area contributed by atoms with E-state index in [4.69, 9.17) is 4.74 Å². The summed E-state index contributed by atoms with van der Waals surface area (Å²) < 4.78 is 8.02. The van der Waals surface area contributed by atoms with Crippen LogP contribution in [0, 0.1) is 6.92 Å². The Bertz CT molecular complexity index is 1020. The van der Waals surface area contributed by atoms with Crippen LogP contribution in [0.1, 0.15) is 42.2 Å². The molecule has 30 heavy (non-hydrogen) atoms. The largest absolute Gasteiger partial charge is 0.491 e. The topological polar surface area (TPSA) is 54.7 Å². The van der Waals surface area contributed by atoms with Crippen molar-refractivity contribution in [2.75, 3.05) is 26.2 Å². The number of aliphatic hydroxyl groups is 1. The van der Waals surface area contributed by atoms with E-state index in [0.29, 0.717) is 17.9 Å². The van der Waals surface area contributed by atoms with Gasteiger partial charge in [0, 0.05) is 28.9 Å². The van der Waals surface area contributed by atoms with Gasteiger partial charge in [-0.05, 0) is 70.1 Å². The number of Topliss-reactive ketones (excluding diaryl/α,β-unsaturated/α-hetero) is 1. The SMILES string of the molecule is CC(=O)c1c(C)n(-c2ccccc2)c2ccc(OC[C@H](O)CN3CCCCC3)cc12. The van der Waals surface area contributed by atoms with Crippen molar-refractivity contribution >= 4 is 16.7 Å². The zero-order valence-corrected chi connectivity index (χ0v) is 17.8. The van der Waals surface area contributed by atoms with E-state index in [1.807, 2.05) is 55.5 Å². The van der Waals surface area contributed by atoms with Gasteiger partial charge in [-0.1, -0.05) is 24.6 Å². The average molecular weight is 407 g/mol. The minimum absolute atomic E-state index is 0.0365. The third-order valence-corrected chi connectivity index (χ3v) is 5.90. The second-order valence-electron chi connectivity index (χ2n) is 8.19. The fourth-order valence-corrected chi connectivity index (χ4v) is 4.53. The molecule has 0 spiro atoms. The predicted molar refractivity (Wildman–Crippen MR) is 120 cm³/mol. The van der Waals surface area contributed by atoms with Crippen molar-refractivity contribution in [1.82, 2.24) is 9.47 Å². The smallest absolute Gasteiger partial charge is 0.162 e. The summed E-state index contributed by atoms with van der Waals surface area (Å²) in [7, 11) is 0. The number of fused-ring (bicyclic) bond motifs is 1. The molecule has 0 radical (unpaired) electrons. The lowest BCUT2D eigenvalue weighted by atomic mass is 10.1. The number of nitrogens with zero attached hydrogens (tertiary/aromatic N) is 2. The van der Waals surface area contributed by atoms with E-state index in [2.05, 4.69) is 9.47 Å². The molecular formula is C25H30N2O3. The molecule has 1 N–H and O–H groups in total. The molecule has 1 fully saturated rings. The molecule has 158 valence electrons. The highest BCUT2D eigenvalue weighted by Crippen LogP contribution is 2.32. The van der Waals surface area contributed by atoms with Gasteiger partial charge < -0.3 is 19.3 Å². The lowest BCUT2D eigenvalue weighted by Gasteiger charge is -2.28. The Balaban J connectivity index is 1.57. The highest BCUT2D eigenvalue weighted by atomic mass is 16.5. The number of aliphatic hydroxyl groups excluding tert-OH is 1. The summed E-state index contributed by atoms with van der Waals surface area (Å²) in [6.07, 6.45) is 3.16. The van der Waals surface area contributed by atoms with Crippen LogP contribution in [0.5, 0.6) is 5.75 Å². The molecule has 0 aliphatic carbocycles. The molecule has 1 aromatic heterocycles. The number of ether oxygens (including phenoxy) is 1. The maximum Gasteiger partial charge on any atom is 0.162 e. The van der Waals surface area contributed by atoms with Gasteiger partial charge >= 0.3 is 0 Å². The minimum atomic E-state index is -0.526. The number of piperidine rings is 1. The highest BCUT2D eigenvalue weighted by molar-refractivity contribution is 6.09. The fraction of sp³-hybridized carbons (Fsp3) is 0.400. The third kappa shape index (κ3) is 4.27. The van der Waals surface area contributed by atoms with Crippen molar-refractivity contribution < 1.29 is 14.6 Å². The van der Waals surface area contributed by atoms with E-state index in [9.17, 15) is 9.90 Å². The zero-order valence-electron chi connectivity index (χ0n) is 17.8. The number of carbonyl (C=O) groups is 1. The van der Waals surface area contributed by atoms with Gasteiger partial charge in [0.05, 0.1) is 5.52 Å². The van der Waals surface area contributed by atoms with E-state index in [1.54, 1.807) is 6.92 Å². The molecule has 1 aliphatic rings. The number of benzene rings is 2. The summed E-state index contributed by atoms with van der Waals surface area (Å²) in [4.78, 5) is 14.7. The number of hydrogen-bond acceptors (Lipinski definition) is 4. The quantitative estimate of drug-likeness (QED) is 0.592. The molecule has 2 heterocycles. The van der Waals surface area contributed by atoms with Gasteiger partial charge in [0.2, 0.25) is 0 Å². The standard InChI is InChI=1S/C25H30N2O3/c1-18-25(19(2)28)23-15-22(30-17-21(29)16-26-13-7-4-8-14-26)11-12-24(23)27(18)20-9-5-3-6-10-20/h3,5-6,9-12,15,21,29H,4,7-8,13-14,16-17H2,1-2H3/t21-/m1/s1. The molecule has 0 bridgehead atoms. The van der Waals surface area contributed by atoms with E-state index < -0.39 is 6.10 Å². The second-order valence-corrected chi connectivity index (χ2v) is 8.19. The number of rotatable bonds is 7. The minimum Gasteiger partial charge on any atom is -0.491 e. The van der Waals surface area contributed by atoms with Crippen molar-refractivity contribution in [1.29, 1.82) is 0 Å². The number of aromatic nitrogens is 1. The first kappa shape index (κ1) is 20.6. The highest BCUT2D eigenvalue weighted by Gasteiger charge is 2.20. The summed E-state index contributed by atoms with van der Waals surface area (Å²) >= 11 is 0. The molecule has 1 aliphatic heterocycles. The molecule has 1 atom stereocenters. The van der Waals surface area contributed by atoms with Crippen molar-refractivity contribution in [2.24, 2.45) is 0 Å². The monoisotopic (exact) mass is 406 g/mol. The molecule has 4 rings (SSSR count). The van der Waals surface area contributed by atoms with Crippen LogP contribution in [0.4, 0.5) is 0 Å². The molecule has 5 nitrogen and oxygen atoms in total. The van der Waals surface area contributed by atoms with Gasteiger partial charge in [0.15, 0.2) is 5.78 Å². The van der Waals surface area contributed by atoms with Gasteiger partial charge in [-0.15, -0.1) is 0 Å². The zero-order chi connectivity index (χ0) is 21.1. The number of likely N-dealkylation sites (tertiary alicyclic amines) is 1. The first-order chi connectivity index (χ1) is 14.5. The normalized spacial score (nSPS) is 16.0. The van der Waals surface area contributed by atoms with Gasteiger partial charge in [-0.2, -0.15) is 0 Å². The molecule has 0 saturated carbocycles. The molecule has 2 aromatic carbocycles. The van der Waals surface area contributed by atoms with Crippen LogP contribution in [0.15, 0.2) is 48.5 Å². The Morgan fingerprint density at radius 1 is 1.10 bits per heavy atom. The van der Waals surface area contributed by atoms with Crippen LogP contribution in [0.25, 0.3) is 16.6 Å². The molecule has 3 aromatic rings. The van der Waals surface area contributed by atoms with E-state index in [0.717, 1.165) is 35.4 Å². The molecule has 1 saturated heterocycles. The van der Waals surface area contributed by atoms with Crippen LogP contribution in [-0.4, -0.2) is 52.7 Å². The second kappa shape index (κ2) is 9.02. The van der Waals surface area contributed by atoms with Crippen molar-refractivity contribution in [3.05, 3.63) is 59.8 Å².